The number of esters is 1. The first-order chi connectivity index (χ1) is 11.5. The Balaban J connectivity index is 1.85. The Hall–Kier alpha value is -2.33. The number of nitrogens with one attached hydrogen (secondary N) is 1. The maximum Gasteiger partial charge on any atom is 0.338 e. The molecule has 0 bridgehead atoms. The van der Waals surface area contributed by atoms with Gasteiger partial charge in [-0.25, -0.2) is 4.79 Å². The summed E-state index contributed by atoms with van der Waals surface area (Å²) in [6.07, 6.45) is 0.973. The van der Waals surface area contributed by atoms with Crippen LogP contribution < -0.4 is 5.32 Å². The van der Waals surface area contributed by atoms with Gasteiger partial charge >= 0.3 is 5.97 Å². The van der Waals surface area contributed by atoms with Crippen LogP contribution in [0.3, 0.4) is 0 Å². The summed E-state index contributed by atoms with van der Waals surface area (Å²) in [6.45, 7) is 3.65. The molecular weight excluding hydrogens is 326 g/mol. The van der Waals surface area contributed by atoms with Crippen LogP contribution in [0.4, 0.5) is 0 Å². The Bertz CT molecular complexity index is 713. The standard InChI is InChI=1S/C19H20ClNO3/c1-3-14-7-9-15(10-8-14)13(2)21-18(22)12-24-19(23)16-5-4-6-17(20)11-16/h4-11,13H,3,12H2,1-2H3,(H,21,22)/t13-/m1/s1. The van der Waals surface area contributed by atoms with Crippen molar-refractivity contribution in [2.24, 2.45) is 0 Å². The number of hydrogen-bond donors (Lipinski definition) is 1. The Kier molecular flexibility index (Phi) is 6.38. The van der Waals surface area contributed by atoms with Gasteiger partial charge in [-0.3, -0.25) is 4.79 Å². The number of aryl methyl sites for hydroxylation is 1. The van der Waals surface area contributed by atoms with Crippen molar-refractivity contribution in [1.82, 2.24) is 5.32 Å². The largest absolute Gasteiger partial charge is 0.452 e. The summed E-state index contributed by atoms with van der Waals surface area (Å²) in [6, 6.07) is 14.3. The first kappa shape index (κ1) is 18.0. The lowest BCUT2D eigenvalue weighted by Gasteiger charge is -2.15. The van der Waals surface area contributed by atoms with Crippen molar-refractivity contribution in [3.05, 3.63) is 70.2 Å². The lowest BCUT2D eigenvalue weighted by atomic mass is 10.1. The monoisotopic (exact) mass is 345 g/mol. The molecule has 5 heteroatoms. The van der Waals surface area contributed by atoms with Crippen molar-refractivity contribution in [3.63, 3.8) is 0 Å². The maximum atomic E-state index is 11.9. The minimum atomic E-state index is -0.576. The number of ether oxygens (including phenoxy) is 1. The first-order valence-corrected chi connectivity index (χ1v) is 8.18. The average Bonchev–Trinajstić information content (AvgIpc) is 2.59. The summed E-state index contributed by atoms with van der Waals surface area (Å²) < 4.78 is 5.01. The van der Waals surface area contributed by atoms with Gasteiger partial charge in [-0.1, -0.05) is 48.9 Å². The normalized spacial score (nSPS) is 11.6. The lowest BCUT2D eigenvalue weighted by molar-refractivity contribution is -0.124. The minimum Gasteiger partial charge on any atom is -0.452 e. The number of halogens is 1. The van der Waals surface area contributed by atoms with Crippen LogP contribution in [0.25, 0.3) is 0 Å². The maximum absolute atomic E-state index is 11.9. The molecule has 0 heterocycles. The van der Waals surface area contributed by atoms with Crippen molar-refractivity contribution >= 4 is 23.5 Å². The number of amides is 1. The number of hydrogen-bond acceptors (Lipinski definition) is 3. The highest BCUT2D eigenvalue weighted by molar-refractivity contribution is 6.30. The zero-order valence-corrected chi connectivity index (χ0v) is 14.5. The van der Waals surface area contributed by atoms with Gasteiger partial charge in [0.15, 0.2) is 6.61 Å². The second kappa shape index (κ2) is 8.50. The molecule has 2 rings (SSSR count). The molecule has 126 valence electrons. The smallest absolute Gasteiger partial charge is 0.338 e. The summed E-state index contributed by atoms with van der Waals surface area (Å²) in [5.74, 6) is -0.926. The van der Waals surface area contributed by atoms with Gasteiger partial charge in [0, 0.05) is 5.02 Å². The van der Waals surface area contributed by atoms with E-state index in [2.05, 4.69) is 12.2 Å². The summed E-state index contributed by atoms with van der Waals surface area (Å²) in [7, 11) is 0. The van der Waals surface area contributed by atoms with Crippen molar-refractivity contribution < 1.29 is 14.3 Å². The molecule has 2 aromatic carbocycles. The molecule has 0 radical (unpaired) electrons. The topological polar surface area (TPSA) is 55.4 Å². The van der Waals surface area contributed by atoms with E-state index in [1.165, 1.54) is 11.6 Å². The molecule has 1 atom stereocenters. The van der Waals surface area contributed by atoms with Gasteiger partial charge in [0.2, 0.25) is 0 Å². The quantitative estimate of drug-likeness (QED) is 0.807. The molecular formula is C19H20ClNO3. The van der Waals surface area contributed by atoms with Crippen molar-refractivity contribution in [3.8, 4) is 0 Å². The Morgan fingerprint density at radius 1 is 1.17 bits per heavy atom. The van der Waals surface area contributed by atoms with E-state index in [4.69, 9.17) is 16.3 Å². The van der Waals surface area contributed by atoms with E-state index < -0.39 is 5.97 Å². The van der Waals surface area contributed by atoms with Crippen LogP contribution in [0.1, 0.15) is 41.4 Å². The second-order valence-electron chi connectivity index (χ2n) is 5.47. The molecule has 2 aromatic rings. The van der Waals surface area contributed by atoms with Gasteiger partial charge < -0.3 is 10.1 Å². The fraction of sp³-hybridized carbons (Fsp3) is 0.263. The van der Waals surface area contributed by atoms with Gasteiger partial charge in [-0.2, -0.15) is 0 Å². The summed E-state index contributed by atoms with van der Waals surface area (Å²) in [5, 5.41) is 3.25. The molecule has 0 saturated heterocycles. The zero-order valence-electron chi connectivity index (χ0n) is 13.7. The van der Waals surface area contributed by atoms with Crippen LogP contribution in [0.15, 0.2) is 48.5 Å². The van der Waals surface area contributed by atoms with E-state index in [9.17, 15) is 9.59 Å². The Labute approximate surface area is 146 Å². The molecule has 0 aromatic heterocycles. The van der Waals surface area contributed by atoms with E-state index >= 15 is 0 Å². The van der Waals surface area contributed by atoms with Gasteiger partial charge in [0.25, 0.3) is 5.91 Å². The number of carbonyl (C=O) groups is 2. The average molecular weight is 346 g/mol. The SMILES string of the molecule is CCc1ccc([C@@H](C)NC(=O)COC(=O)c2cccc(Cl)c2)cc1. The highest BCUT2D eigenvalue weighted by Gasteiger charge is 2.13. The predicted octanol–water partition coefficient (Wildman–Crippen LogP) is 3.94. The highest BCUT2D eigenvalue weighted by Crippen LogP contribution is 2.14. The molecule has 0 fully saturated rings. The van der Waals surface area contributed by atoms with Crippen molar-refractivity contribution in [2.45, 2.75) is 26.3 Å². The van der Waals surface area contributed by atoms with Gasteiger partial charge in [0.1, 0.15) is 0 Å². The molecule has 24 heavy (non-hydrogen) atoms. The third-order valence-electron chi connectivity index (χ3n) is 3.66. The molecule has 0 spiro atoms. The molecule has 1 amide bonds. The number of carbonyl (C=O) groups excluding carboxylic acids is 2. The van der Waals surface area contributed by atoms with Gasteiger partial charge in [-0.15, -0.1) is 0 Å². The van der Waals surface area contributed by atoms with E-state index in [1.807, 2.05) is 31.2 Å². The van der Waals surface area contributed by atoms with Crippen LogP contribution in [0.2, 0.25) is 5.02 Å². The lowest BCUT2D eigenvalue weighted by Crippen LogP contribution is -2.31. The summed E-state index contributed by atoms with van der Waals surface area (Å²) >= 11 is 5.82. The third-order valence-corrected chi connectivity index (χ3v) is 3.90. The van der Waals surface area contributed by atoms with Crippen molar-refractivity contribution in [1.29, 1.82) is 0 Å². The third kappa shape index (κ3) is 5.10. The van der Waals surface area contributed by atoms with Crippen LogP contribution in [-0.2, 0) is 16.0 Å². The first-order valence-electron chi connectivity index (χ1n) is 7.80. The van der Waals surface area contributed by atoms with Gasteiger partial charge in [-0.05, 0) is 42.7 Å². The van der Waals surface area contributed by atoms with Crippen LogP contribution in [-0.4, -0.2) is 18.5 Å². The molecule has 0 aliphatic heterocycles. The van der Waals surface area contributed by atoms with E-state index in [0.717, 1.165) is 12.0 Å². The van der Waals surface area contributed by atoms with Crippen molar-refractivity contribution in [2.75, 3.05) is 6.61 Å². The molecule has 0 aliphatic rings. The molecule has 0 saturated carbocycles. The molecule has 4 nitrogen and oxygen atoms in total. The second-order valence-corrected chi connectivity index (χ2v) is 5.91. The van der Waals surface area contributed by atoms with E-state index in [0.29, 0.717) is 10.6 Å². The molecule has 0 aliphatic carbocycles. The van der Waals surface area contributed by atoms with Crippen LogP contribution >= 0.6 is 11.6 Å². The Morgan fingerprint density at radius 3 is 2.50 bits per heavy atom. The van der Waals surface area contributed by atoms with E-state index in [-0.39, 0.29) is 18.6 Å². The number of benzene rings is 2. The summed E-state index contributed by atoms with van der Waals surface area (Å²) in [4.78, 5) is 23.8. The molecule has 1 N–H and O–H groups in total. The fourth-order valence-electron chi connectivity index (χ4n) is 2.24. The number of rotatable bonds is 6. The highest BCUT2D eigenvalue weighted by atomic mass is 35.5. The zero-order chi connectivity index (χ0) is 17.5. The fourth-order valence-corrected chi connectivity index (χ4v) is 2.43. The van der Waals surface area contributed by atoms with Crippen LogP contribution in [0.5, 0.6) is 0 Å². The summed E-state index contributed by atoms with van der Waals surface area (Å²) in [5.41, 5.74) is 2.56. The minimum absolute atomic E-state index is 0.159. The Morgan fingerprint density at radius 2 is 1.88 bits per heavy atom. The molecule has 0 unspecified atom stereocenters. The van der Waals surface area contributed by atoms with Crippen LogP contribution in [0, 0.1) is 0 Å². The van der Waals surface area contributed by atoms with E-state index in [1.54, 1.807) is 18.2 Å². The predicted molar refractivity (Wildman–Crippen MR) is 94.1 cm³/mol. The van der Waals surface area contributed by atoms with Gasteiger partial charge in [0.05, 0.1) is 11.6 Å².